The van der Waals surface area contributed by atoms with Gasteiger partial charge in [-0.2, -0.15) is 0 Å². The molecular formula is C19H24O2. The zero-order valence-electron chi connectivity index (χ0n) is 13.6. The molecule has 0 bridgehead atoms. The topological polar surface area (TPSA) is 18.5 Å². The van der Waals surface area contributed by atoms with E-state index >= 15 is 0 Å². The van der Waals surface area contributed by atoms with Gasteiger partial charge in [-0.05, 0) is 67.6 Å². The Morgan fingerprint density at radius 3 is 2.10 bits per heavy atom. The molecule has 2 aromatic carbocycles. The van der Waals surface area contributed by atoms with Gasteiger partial charge >= 0.3 is 0 Å². The fraction of sp³-hybridized carbons (Fsp3) is 0.368. The van der Waals surface area contributed by atoms with Crippen LogP contribution in [0.2, 0.25) is 0 Å². The van der Waals surface area contributed by atoms with Gasteiger partial charge in [0.05, 0.1) is 7.11 Å². The van der Waals surface area contributed by atoms with Gasteiger partial charge in [0.25, 0.3) is 0 Å². The fourth-order valence-corrected chi connectivity index (χ4v) is 2.67. The van der Waals surface area contributed by atoms with Crippen molar-refractivity contribution in [2.45, 2.75) is 40.5 Å². The Bertz CT molecular complexity index is 606. The van der Waals surface area contributed by atoms with Gasteiger partial charge in [0.1, 0.15) is 17.2 Å². The minimum atomic E-state index is 0.850. The van der Waals surface area contributed by atoms with Gasteiger partial charge < -0.3 is 9.47 Å². The molecule has 112 valence electrons. The Morgan fingerprint density at radius 1 is 0.905 bits per heavy atom. The van der Waals surface area contributed by atoms with E-state index in [1.807, 2.05) is 25.1 Å². The van der Waals surface area contributed by atoms with Crippen LogP contribution in [0.4, 0.5) is 0 Å². The second-order valence-corrected chi connectivity index (χ2v) is 5.54. The number of ether oxygens (including phenoxy) is 2. The van der Waals surface area contributed by atoms with Crippen molar-refractivity contribution < 1.29 is 9.47 Å². The highest BCUT2D eigenvalue weighted by Crippen LogP contribution is 2.32. The van der Waals surface area contributed by atoms with E-state index in [1.54, 1.807) is 7.11 Å². The number of benzene rings is 2. The lowest BCUT2D eigenvalue weighted by atomic mass is 10.0. The second kappa shape index (κ2) is 6.66. The van der Waals surface area contributed by atoms with E-state index in [-0.39, 0.29) is 0 Å². The number of hydrogen-bond acceptors (Lipinski definition) is 2. The third kappa shape index (κ3) is 3.57. The maximum atomic E-state index is 6.10. The molecule has 0 saturated carbocycles. The molecule has 21 heavy (non-hydrogen) atoms. The molecule has 0 aromatic heterocycles. The van der Waals surface area contributed by atoms with Gasteiger partial charge in [-0.1, -0.05) is 25.5 Å². The highest BCUT2D eigenvalue weighted by molar-refractivity contribution is 5.47. The third-order valence-corrected chi connectivity index (χ3v) is 3.65. The van der Waals surface area contributed by atoms with Crippen LogP contribution in [-0.4, -0.2) is 7.11 Å². The van der Waals surface area contributed by atoms with Gasteiger partial charge in [0, 0.05) is 0 Å². The standard InChI is InChI=1S/C19H24O2/c1-6-7-16-10-14(3)19(15(4)11-16)21-17-8-9-18(20-5)13(2)12-17/h8-12H,6-7H2,1-5H3. The Morgan fingerprint density at radius 2 is 1.57 bits per heavy atom. The van der Waals surface area contributed by atoms with Crippen molar-refractivity contribution in [1.82, 2.24) is 0 Å². The zero-order chi connectivity index (χ0) is 15.4. The first-order valence-electron chi connectivity index (χ1n) is 7.47. The largest absolute Gasteiger partial charge is 0.496 e. The summed E-state index contributed by atoms with van der Waals surface area (Å²) in [6.45, 7) is 8.45. The van der Waals surface area contributed by atoms with Crippen LogP contribution in [0.1, 0.15) is 35.6 Å². The molecule has 0 N–H and O–H groups in total. The summed E-state index contributed by atoms with van der Waals surface area (Å²) in [6, 6.07) is 10.4. The van der Waals surface area contributed by atoms with Gasteiger partial charge in [-0.25, -0.2) is 0 Å². The van der Waals surface area contributed by atoms with Gasteiger partial charge in [0.15, 0.2) is 0 Å². The minimum absolute atomic E-state index is 0.850. The van der Waals surface area contributed by atoms with E-state index in [2.05, 4.69) is 32.9 Å². The molecule has 2 aromatic rings. The highest BCUT2D eigenvalue weighted by Gasteiger charge is 2.09. The summed E-state index contributed by atoms with van der Waals surface area (Å²) in [7, 11) is 1.68. The SMILES string of the molecule is CCCc1cc(C)c(Oc2ccc(OC)c(C)c2)c(C)c1. The van der Waals surface area contributed by atoms with E-state index in [4.69, 9.17) is 9.47 Å². The van der Waals surface area contributed by atoms with Crippen LogP contribution in [0.15, 0.2) is 30.3 Å². The van der Waals surface area contributed by atoms with E-state index in [0.29, 0.717) is 0 Å². The Labute approximate surface area is 127 Å². The van der Waals surface area contributed by atoms with Crippen LogP contribution in [-0.2, 0) is 6.42 Å². The zero-order valence-corrected chi connectivity index (χ0v) is 13.6. The van der Waals surface area contributed by atoms with Crippen molar-refractivity contribution in [1.29, 1.82) is 0 Å². The summed E-state index contributed by atoms with van der Waals surface area (Å²) < 4.78 is 11.4. The van der Waals surface area contributed by atoms with Crippen LogP contribution in [0, 0.1) is 20.8 Å². The summed E-state index contributed by atoms with van der Waals surface area (Å²) in [5.74, 6) is 2.69. The first-order chi connectivity index (χ1) is 10.0. The smallest absolute Gasteiger partial charge is 0.133 e. The molecule has 0 atom stereocenters. The molecule has 2 nitrogen and oxygen atoms in total. The van der Waals surface area contributed by atoms with Crippen LogP contribution < -0.4 is 9.47 Å². The predicted octanol–water partition coefficient (Wildman–Crippen LogP) is 5.37. The Balaban J connectivity index is 2.29. The number of aryl methyl sites for hydroxylation is 4. The molecule has 0 amide bonds. The van der Waals surface area contributed by atoms with Crippen LogP contribution >= 0.6 is 0 Å². The lowest BCUT2D eigenvalue weighted by Gasteiger charge is -2.15. The third-order valence-electron chi connectivity index (χ3n) is 3.65. The van der Waals surface area contributed by atoms with Gasteiger partial charge in [-0.3, -0.25) is 0 Å². The summed E-state index contributed by atoms with van der Waals surface area (Å²) >= 11 is 0. The minimum Gasteiger partial charge on any atom is -0.496 e. The van der Waals surface area contributed by atoms with Crippen molar-refractivity contribution in [2.24, 2.45) is 0 Å². The number of rotatable bonds is 5. The molecule has 0 spiro atoms. The van der Waals surface area contributed by atoms with Crippen molar-refractivity contribution >= 4 is 0 Å². The Kier molecular flexibility index (Phi) is 4.89. The van der Waals surface area contributed by atoms with Gasteiger partial charge in [0.2, 0.25) is 0 Å². The molecule has 0 radical (unpaired) electrons. The van der Waals surface area contributed by atoms with Crippen molar-refractivity contribution in [3.05, 3.63) is 52.6 Å². The van der Waals surface area contributed by atoms with E-state index < -0.39 is 0 Å². The molecular weight excluding hydrogens is 260 g/mol. The maximum absolute atomic E-state index is 6.10. The van der Waals surface area contributed by atoms with E-state index in [1.165, 1.54) is 16.7 Å². The average Bonchev–Trinajstić information content (AvgIpc) is 2.43. The first kappa shape index (κ1) is 15.4. The molecule has 0 unspecified atom stereocenters. The molecule has 0 aliphatic carbocycles. The maximum Gasteiger partial charge on any atom is 0.133 e. The van der Waals surface area contributed by atoms with Gasteiger partial charge in [-0.15, -0.1) is 0 Å². The fourth-order valence-electron chi connectivity index (χ4n) is 2.67. The van der Waals surface area contributed by atoms with Crippen LogP contribution in [0.25, 0.3) is 0 Å². The lowest BCUT2D eigenvalue weighted by Crippen LogP contribution is -1.95. The normalized spacial score (nSPS) is 10.5. The molecule has 2 heteroatoms. The van der Waals surface area contributed by atoms with Crippen LogP contribution in [0.5, 0.6) is 17.2 Å². The predicted molar refractivity (Wildman–Crippen MR) is 87.7 cm³/mol. The lowest BCUT2D eigenvalue weighted by molar-refractivity contribution is 0.409. The van der Waals surface area contributed by atoms with Crippen LogP contribution in [0.3, 0.4) is 0 Å². The summed E-state index contributed by atoms with van der Waals surface area (Å²) in [4.78, 5) is 0. The molecule has 0 fully saturated rings. The van der Waals surface area contributed by atoms with E-state index in [9.17, 15) is 0 Å². The second-order valence-electron chi connectivity index (χ2n) is 5.54. The number of hydrogen-bond donors (Lipinski definition) is 0. The first-order valence-corrected chi connectivity index (χ1v) is 7.47. The van der Waals surface area contributed by atoms with Crippen molar-refractivity contribution in [3.8, 4) is 17.2 Å². The number of methoxy groups -OCH3 is 1. The summed E-state index contributed by atoms with van der Waals surface area (Å²) in [5.41, 5.74) is 4.83. The van der Waals surface area contributed by atoms with Crippen molar-refractivity contribution in [3.63, 3.8) is 0 Å². The average molecular weight is 284 g/mol. The highest BCUT2D eigenvalue weighted by atomic mass is 16.5. The Hall–Kier alpha value is -1.96. The molecule has 0 saturated heterocycles. The van der Waals surface area contributed by atoms with Crippen molar-refractivity contribution in [2.75, 3.05) is 7.11 Å². The molecule has 2 rings (SSSR count). The summed E-state index contributed by atoms with van der Waals surface area (Å²) in [6.07, 6.45) is 2.28. The monoisotopic (exact) mass is 284 g/mol. The summed E-state index contributed by atoms with van der Waals surface area (Å²) in [5, 5.41) is 0. The molecule has 0 aliphatic rings. The molecule has 0 aliphatic heterocycles. The van der Waals surface area contributed by atoms with E-state index in [0.717, 1.165) is 35.7 Å². The molecule has 0 heterocycles. The quantitative estimate of drug-likeness (QED) is 0.735.